The van der Waals surface area contributed by atoms with Gasteiger partial charge in [0.15, 0.2) is 0 Å². The van der Waals surface area contributed by atoms with Crippen molar-refractivity contribution in [2.45, 2.75) is 77.3 Å². The molecule has 0 N–H and O–H groups in total. The molecule has 0 bridgehead atoms. The number of hydrogen-bond donors (Lipinski definition) is 0. The first-order valence-corrected chi connectivity index (χ1v) is 22.0. The van der Waals surface area contributed by atoms with Gasteiger partial charge in [0.25, 0.3) is 0 Å². The summed E-state index contributed by atoms with van der Waals surface area (Å²) >= 11 is 0. The van der Waals surface area contributed by atoms with Crippen molar-refractivity contribution < 1.29 is 0 Å². The van der Waals surface area contributed by atoms with Crippen molar-refractivity contribution in [3.05, 3.63) is 69.8 Å². The van der Waals surface area contributed by atoms with Crippen molar-refractivity contribution in [2.75, 3.05) is 0 Å². The molecule has 0 nitrogen and oxygen atoms in total. The maximum absolute atomic E-state index is 2.66. The van der Waals surface area contributed by atoms with Crippen LogP contribution in [-0.4, -0.2) is 24.2 Å². The van der Waals surface area contributed by atoms with Crippen molar-refractivity contribution in [1.29, 1.82) is 0 Å². The largest absolute Gasteiger partial charge is 0.0776 e. The topological polar surface area (TPSA) is 0 Å². The van der Waals surface area contributed by atoms with E-state index in [2.05, 4.69) is 115 Å². The normalized spacial score (nSPS) is 21.0. The van der Waals surface area contributed by atoms with E-state index < -0.39 is 24.2 Å². The van der Waals surface area contributed by atoms with E-state index in [1.807, 2.05) is 0 Å². The molecule has 3 heteroatoms. The lowest BCUT2D eigenvalue weighted by atomic mass is 10.1. The molecule has 31 heavy (non-hydrogen) atoms. The number of benzene rings is 2. The zero-order chi connectivity index (χ0) is 22.9. The van der Waals surface area contributed by atoms with Crippen LogP contribution in [0.15, 0.2) is 47.5 Å². The van der Waals surface area contributed by atoms with E-state index in [4.69, 9.17) is 0 Å². The van der Waals surface area contributed by atoms with Crippen LogP contribution < -0.4 is 10.4 Å². The first-order valence-electron chi connectivity index (χ1n) is 11.9. The predicted molar refractivity (Wildman–Crippen MR) is 149 cm³/mol. The van der Waals surface area contributed by atoms with Crippen LogP contribution >= 0.6 is 0 Å². The minimum Gasteiger partial charge on any atom is -0.0679 e. The molecule has 2 aromatic carbocycles. The summed E-state index contributed by atoms with van der Waals surface area (Å²) in [6.07, 6.45) is 4.96. The molecule has 0 aromatic heterocycles. The van der Waals surface area contributed by atoms with Gasteiger partial charge in [-0.25, -0.2) is 0 Å². The molecule has 2 aliphatic carbocycles. The van der Waals surface area contributed by atoms with Crippen LogP contribution in [0.4, 0.5) is 0 Å². The predicted octanol–water partition coefficient (Wildman–Crippen LogP) is 7.27. The number of allylic oxidation sites excluding steroid dienone is 2. The molecular weight excluding hydrogens is 421 g/mol. The minimum absolute atomic E-state index is 0.605. The quantitative estimate of drug-likeness (QED) is 0.421. The van der Waals surface area contributed by atoms with Crippen LogP contribution in [-0.2, 0) is 0 Å². The van der Waals surface area contributed by atoms with Crippen molar-refractivity contribution in [3.8, 4) is 0 Å². The van der Waals surface area contributed by atoms with E-state index in [0.717, 1.165) is 0 Å². The second-order valence-corrected chi connectivity index (χ2v) is 27.6. The maximum atomic E-state index is 2.66. The van der Waals surface area contributed by atoms with Crippen molar-refractivity contribution in [3.63, 3.8) is 0 Å². The number of hydrogen-bond acceptors (Lipinski definition) is 0. The van der Waals surface area contributed by atoms with E-state index in [1.54, 1.807) is 32.6 Å². The fourth-order valence-corrected chi connectivity index (χ4v) is 13.4. The molecule has 4 rings (SSSR count). The molecule has 2 atom stereocenters. The molecule has 164 valence electrons. The molecule has 0 spiro atoms. The molecule has 2 aliphatic rings. The summed E-state index contributed by atoms with van der Waals surface area (Å²) < 4.78 is 0. The standard InChI is InChI=1S/C28H40Si3/c1-19-15-21-11-13-23(29(3,4)5)17-25(21)27(19)31(9,10)28-20(2)16-22-12-14-24(18-26(22)28)30(6,7)8/h11-18,27-28H,1-10H3. The molecule has 0 aliphatic heterocycles. The smallest absolute Gasteiger partial charge is 0.0679 e. The lowest BCUT2D eigenvalue weighted by Crippen LogP contribution is -2.44. The van der Waals surface area contributed by atoms with Gasteiger partial charge in [-0.05, 0) is 36.1 Å². The Morgan fingerprint density at radius 1 is 0.548 bits per heavy atom. The molecule has 0 saturated heterocycles. The molecule has 0 saturated carbocycles. The third-order valence-electron chi connectivity index (χ3n) is 7.69. The van der Waals surface area contributed by atoms with Gasteiger partial charge in [0.2, 0.25) is 0 Å². The van der Waals surface area contributed by atoms with Gasteiger partial charge in [-0.2, -0.15) is 0 Å². The monoisotopic (exact) mass is 460 g/mol. The highest BCUT2D eigenvalue weighted by Crippen LogP contribution is 2.51. The van der Waals surface area contributed by atoms with Gasteiger partial charge in [0, 0.05) is 11.1 Å². The Hall–Kier alpha value is -1.43. The fraction of sp³-hybridized carbons (Fsp3) is 0.429. The summed E-state index contributed by atoms with van der Waals surface area (Å²) in [6.45, 7) is 24.9. The lowest BCUT2D eigenvalue weighted by Gasteiger charge is -2.39. The van der Waals surface area contributed by atoms with Crippen molar-refractivity contribution in [1.82, 2.24) is 0 Å². The highest BCUT2D eigenvalue weighted by Gasteiger charge is 2.47. The Kier molecular flexibility index (Phi) is 5.35. The Morgan fingerprint density at radius 2 is 0.903 bits per heavy atom. The van der Waals surface area contributed by atoms with E-state index in [1.165, 1.54) is 11.1 Å². The SMILES string of the molecule is CC1=Cc2ccc([Si](C)(C)C)cc2C1[Si](C)(C)C1C(C)=Cc2ccc([Si](C)(C)C)cc21. The third kappa shape index (κ3) is 3.83. The van der Waals surface area contributed by atoms with Gasteiger partial charge >= 0.3 is 0 Å². The number of rotatable bonds is 4. The average Bonchev–Trinajstić information content (AvgIpc) is 3.14. The van der Waals surface area contributed by atoms with Gasteiger partial charge in [-0.1, -0.05) is 122 Å². The van der Waals surface area contributed by atoms with E-state index in [0.29, 0.717) is 11.1 Å². The summed E-state index contributed by atoms with van der Waals surface area (Å²) in [7, 11) is -4.40. The fourth-order valence-electron chi connectivity index (χ4n) is 6.14. The second kappa shape index (κ2) is 7.29. The summed E-state index contributed by atoms with van der Waals surface area (Å²) in [5, 5.41) is 3.20. The number of fused-ring (bicyclic) bond motifs is 2. The van der Waals surface area contributed by atoms with Gasteiger partial charge in [-0.15, -0.1) is 0 Å². The molecule has 0 radical (unpaired) electrons. The third-order valence-corrected chi connectivity index (χ3v) is 16.3. The summed E-state index contributed by atoms with van der Waals surface area (Å²) in [6, 6.07) is 14.8. The van der Waals surface area contributed by atoms with Crippen LogP contribution in [0, 0.1) is 0 Å². The minimum atomic E-state index is -1.74. The van der Waals surface area contributed by atoms with Crippen LogP contribution in [0.25, 0.3) is 12.2 Å². The maximum Gasteiger partial charge on any atom is 0.0776 e. The summed E-state index contributed by atoms with van der Waals surface area (Å²) in [5.41, 5.74) is 10.6. The first kappa shape index (κ1) is 22.8. The molecule has 2 unspecified atom stereocenters. The average molecular weight is 461 g/mol. The lowest BCUT2D eigenvalue weighted by molar-refractivity contribution is 0.969. The zero-order valence-electron chi connectivity index (χ0n) is 21.3. The second-order valence-electron chi connectivity index (χ2n) is 12.7. The van der Waals surface area contributed by atoms with Crippen LogP contribution in [0.2, 0.25) is 52.4 Å². The first-order chi connectivity index (χ1) is 14.2. The van der Waals surface area contributed by atoms with Crippen molar-refractivity contribution in [2.24, 2.45) is 0 Å². The summed E-state index contributed by atoms with van der Waals surface area (Å²) in [4.78, 5) is 0. The molecule has 0 fully saturated rings. The zero-order valence-corrected chi connectivity index (χ0v) is 24.3. The van der Waals surface area contributed by atoms with Crippen LogP contribution in [0.5, 0.6) is 0 Å². The van der Waals surface area contributed by atoms with E-state index >= 15 is 0 Å². The molecule has 0 heterocycles. The van der Waals surface area contributed by atoms with E-state index in [-0.39, 0.29) is 0 Å². The van der Waals surface area contributed by atoms with E-state index in [9.17, 15) is 0 Å². The van der Waals surface area contributed by atoms with Crippen molar-refractivity contribution >= 4 is 46.7 Å². The van der Waals surface area contributed by atoms with Gasteiger partial charge < -0.3 is 0 Å². The highest BCUT2D eigenvalue weighted by atomic mass is 28.3. The van der Waals surface area contributed by atoms with Gasteiger partial charge in [0.05, 0.1) is 24.2 Å². The summed E-state index contributed by atoms with van der Waals surface area (Å²) in [5.74, 6) is 0. The Balaban J connectivity index is 1.83. The molecular formula is C28H40Si3. The molecule has 0 amide bonds. The van der Waals surface area contributed by atoms with Crippen LogP contribution in [0.3, 0.4) is 0 Å². The molecule has 2 aromatic rings. The van der Waals surface area contributed by atoms with Gasteiger partial charge in [-0.3, -0.25) is 0 Å². The van der Waals surface area contributed by atoms with Crippen LogP contribution in [0.1, 0.15) is 47.2 Å². The Labute approximate surface area is 193 Å². The highest BCUT2D eigenvalue weighted by molar-refractivity contribution is 6.89. The van der Waals surface area contributed by atoms with Gasteiger partial charge in [0.1, 0.15) is 0 Å². The Morgan fingerprint density at radius 3 is 1.23 bits per heavy atom. The Bertz CT molecular complexity index is 1020.